The van der Waals surface area contributed by atoms with Crippen LogP contribution in [-0.2, 0) is 11.2 Å². The first-order chi connectivity index (χ1) is 10.6. The second-order valence-electron chi connectivity index (χ2n) is 6.62. The molecule has 0 saturated carbocycles. The molecule has 4 rings (SSSR count). The molecule has 6 heteroatoms. The van der Waals surface area contributed by atoms with Crippen LogP contribution in [0.15, 0.2) is 18.2 Å². The number of piperidine rings is 1. The second-order valence-corrected chi connectivity index (χ2v) is 7.73. The van der Waals surface area contributed by atoms with Gasteiger partial charge in [0.1, 0.15) is 22.4 Å². The Morgan fingerprint density at radius 2 is 1.96 bits per heavy atom. The minimum atomic E-state index is -0.240. The number of hydrogen-bond acceptors (Lipinski definition) is 4. The van der Waals surface area contributed by atoms with Gasteiger partial charge in [0.2, 0.25) is 0 Å². The first kappa shape index (κ1) is 17.1. The van der Waals surface area contributed by atoms with E-state index in [9.17, 15) is 4.79 Å². The summed E-state index contributed by atoms with van der Waals surface area (Å²) in [4.78, 5) is 13.9. The first-order valence-corrected chi connectivity index (χ1v) is 8.89. The molecule has 3 heterocycles. The Kier molecular flexibility index (Phi) is 4.90. The third-order valence-electron chi connectivity index (χ3n) is 5.26. The van der Waals surface area contributed by atoms with Crippen molar-refractivity contribution < 1.29 is 14.3 Å². The van der Waals surface area contributed by atoms with E-state index in [2.05, 4.69) is 27.9 Å². The van der Waals surface area contributed by atoms with Gasteiger partial charge in [0.15, 0.2) is 0 Å². The highest BCUT2D eigenvalue weighted by molar-refractivity contribution is 9.10. The fourth-order valence-electron chi connectivity index (χ4n) is 3.97. The Labute approximate surface area is 151 Å². The maximum absolute atomic E-state index is 11.7. The zero-order valence-electron chi connectivity index (χ0n) is 13.0. The molecule has 0 aromatic heterocycles. The van der Waals surface area contributed by atoms with Crippen molar-refractivity contribution in [2.75, 3.05) is 7.05 Å². The average Bonchev–Trinajstić information content (AvgIpc) is 2.71. The number of carbonyl (C=O) groups is 1. The monoisotopic (exact) mass is 401 g/mol. The van der Waals surface area contributed by atoms with E-state index in [1.165, 1.54) is 12.8 Å². The average molecular weight is 403 g/mol. The molecule has 0 aliphatic carbocycles. The number of rotatable bonds is 2. The van der Waals surface area contributed by atoms with Crippen LogP contribution in [0.5, 0.6) is 11.5 Å². The van der Waals surface area contributed by atoms with Gasteiger partial charge in [0.25, 0.3) is 0 Å². The summed E-state index contributed by atoms with van der Waals surface area (Å²) in [5, 5.41) is 0. The van der Waals surface area contributed by atoms with E-state index in [0.717, 1.165) is 24.2 Å². The normalized spacial score (nSPS) is 32.7. The molecule has 0 amide bonds. The van der Waals surface area contributed by atoms with Crippen molar-refractivity contribution in [3.05, 3.63) is 23.8 Å². The number of carbonyl (C=O) groups excluding carboxylic acids is 1. The lowest BCUT2D eigenvalue weighted by atomic mass is 10.0. The molecule has 0 N–H and O–H groups in total. The molecule has 2 saturated heterocycles. The van der Waals surface area contributed by atoms with Crippen LogP contribution in [0, 0.1) is 0 Å². The minimum absolute atomic E-state index is 0. The highest BCUT2D eigenvalue weighted by atomic mass is 79.9. The number of benzene rings is 1. The summed E-state index contributed by atoms with van der Waals surface area (Å²) < 4.78 is 11.6. The SMILES string of the molecule is CN1C2CCC1CC(Oc1ccc3c(c1)OC(=O)C(Br)C3)C2.Cl. The van der Waals surface area contributed by atoms with Gasteiger partial charge in [0, 0.05) is 18.2 Å². The van der Waals surface area contributed by atoms with E-state index in [1.807, 2.05) is 18.2 Å². The van der Waals surface area contributed by atoms with E-state index >= 15 is 0 Å². The van der Waals surface area contributed by atoms with Crippen molar-refractivity contribution in [2.45, 2.75) is 55.1 Å². The molecule has 3 atom stereocenters. The molecule has 1 aromatic carbocycles. The molecule has 3 aliphatic heterocycles. The smallest absolute Gasteiger partial charge is 0.325 e. The van der Waals surface area contributed by atoms with Crippen LogP contribution >= 0.6 is 28.3 Å². The van der Waals surface area contributed by atoms with Crippen molar-refractivity contribution in [2.24, 2.45) is 0 Å². The summed E-state index contributed by atoms with van der Waals surface area (Å²) in [5.41, 5.74) is 1.05. The van der Waals surface area contributed by atoms with E-state index < -0.39 is 0 Å². The Morgan fingerprint density at radius 1 is 1.26 bits per heavy atom. The predicted octanol–water partition coefficient (Wildman–Crippen LogP) is 3.34. The van der Waals surface area contributed by atoms with Crippen LogP contribution < -0.4 is 9.47 Å². The van der Waals surface area contributed by atoms with Gasteiger partial charge in [0.05, 0.1) is 0 Å². The topological polar surface area (TPSA) is 38.8 Å². The number of esters is 1. The Bertz CT molecular complexity index is 598. The van der Waals surface area contributed by atoms with Crippen LogP contribution in [0.1, 0.15) is 31.2 Å². The zero-order valence-corrected chi connectivity index (χ0v) is 15.4. The van der Waals surface area contributed by atoms with E-state index in [-0.39, 0.29) is 29.3 Å². The Morgan fingerprint density at radius 3 is 2.65 bits per heavy atom. The van der Waals surface area contributed by atoms with E-state index in [4.69, 9.17) is 9.47 Å². The Hall–Kier alpha value is -0.780. The summed E-state index contributed by atoms with van der Waals surface area (Å²) in [6.07, 6.45) is 5.70. The first-order valence-electron chi connectivity index (χ1n) is 7.97. The van der Waals surface area contributed by atoms with Gasteiger partial charge in [-0.2, -0.15) is 0 Å². The number of ether oxygens (including phenoxy) is 2. The second kappa shape index (κ2) is 6.61. The molecule has 0 spiro atoms. The summed E-state index contributed by atoms with van der Waals surface area (Å²) >= 11 is 3.34. The fourth-order valence-corrected chi connectivity index (χ4v) is 4.41. The molecule has 4 nitrogen and oxygen atoms in total. The van der Waals surface area contributed by atoms with Crippen LogP contribution in [0.25, 0.3) is 0 Å². The van der Waals surface area contributed by atoms with Gasteiger partial charge in [-0.25, -0.2) is 0 Å². The summed E-state index contributed by atoms with van der Waals surface area (Å²) in [6, 6.07) is 7.20. The number of hydrogen-bond donors (Lipinski definition) is 0. The molecule has 23 heavy (non-hydrogen) atoms. The molecule has 2 bridgehead atoms. The number of halogens is 2. The van der Waals surface area contributed by atoms with Gasteiger partial charge in [-0.15, -0.1) is 12.4 Å². The molecular weight excluding hydrogens is 382 g/mol. The highest BCUT2D eigenvalue weighted by Crippen LogP contribution is 2.37. The summed E-state index contributed by atoms with van der Waals surface area (Å²) in [5.74, 6) is 1.24. The van der Waals surface area contributed by atoms with Gasteiger partial charge in [-0.1, -0.05) is 22.0 Å². The molecule has 0 radical (unpaired) electrons. The lowest BCUT2D eigenvalue weighted by Gasteiger charge is -2.36. The van der Waals surface area contributed by atoms with Crippen molar-refractivity contribution in [1.29, 1.82) is 0 Å². The summed E-state index contributed by atoms with van der Waals surface area (Å²) in [7, 11) is 2.23. The van der Waals surface area contributed by atoms with Crippen LogP contribution in [0.3, 0.4) is 0 Å². The third-order valence-corrected chi connectivity index (χ3v) is 5.96. The predicted molar refractivity (Wildman–Crippen MR) is 94.0 cm³/mol. The molecule has 1 aromatic rings. The molecule has 126 valence electrons. The molecule has 3 unspecified atom stereocenters. The van der Waals surface area contributed by atoms with Crippen molar-refractivity contribution >= 4 is 34.3 Å². The maximum Gasteiger partial charge on any atom is 0.325 e. The van der Waals surface area contributed by atoms with E-state index in [1.54, 1.807) is 0 Å². The van der Waals surface area contributed by atoms with Gasteiger partial charge in [-0.05, 0) is 50.8 Å². The standard InChI is InChI=1S/C17H20BrNO3.ClH/c1-19-11-3-4-12(19)8-14(7-11)21-13-5-2-10-6-15(18)17(20)22-16(10)9-13;/h2,5,9,11-12,14-15H,3-4,6-8H2,1H3;1H. The van der Waals surface area contributed by atoms with Gasteiger partial charge >= 0.3 is 5.97 Å². The van der Waals surface area contributed by atoms with Crippen molar-refractivity contribution in [1.82, 2.24) is 4.90 Å². The number of alkyl halides is 1. The molecular formula is C17H21BrClNO3. The van der Waals surface area contributed by atoms with Crippen molar-refractivity contribution in [3.8, 4) is 11.5 Å². The Balaban J connectivity index is 0.00000156. The zero-order chi connectivity index (χ0) is 15.3. The van der Waals surface area contributed by atoms with Gasteiger partial charge in [-0.3, -0.25) is 4.79 Å². The van der Waals surface area contributed by atoms with Crippen LogP contribution in [-0.4, -0.2) is 40.9 Å². The number of nitrogens with zero attached hydrogens (tertiary/aromatic N) is 1. The lowest BCUT2D eigenvalue weighted by Crippen LogP contribution is -2.43. The fraction of sp³-hybridized carbons (Fsp3) is 0.588. The van der Waals surface area contributed by atoms with Crippen LogP contribution in [0.2, 0.25) is 0 Å². The number of fused-ring (bicyclic) bond motifs is 3. The van der Waals surface area contributed by atoms with Crippen LogP contribution in [0.4, 0.5) is 0 Å². The quantitative estimate of drug-likeness (QED) is 0.432. The largest absolute Gasteiger partial charge is 0.490 e. The lowest BCUT2D eigenvalue weighted by molar-refractivity contribution is -0.134. The summed E-state index contributed by atoms with van der Waals surface area (Å²) in [6.45, 7) is 0. The highest BCUT2D eigenvalue weighted by Gasteiger charge is 2.39. The maximum atomic E-state index is 11.7. The van der Waals surface area contributed by atoms with E-state index in [0.29, 0.717) is 24.3 Å². The molecule has 2 fully saturated rings. The minimum Gasteiger partial charge on any atom is -0.490 e. The third kappa shape index (κ3) is 3.24. The van der Waals surface area contributed by atoms with Crippen molar-refractivity contribution in [3.63, 3.8) is 0 Å². The van der Waals surface area contributed by atoms with Gasteiger partial charge < -0.3 is 14.4 Å². The molecule has 3 aliphatic rings.